The SMILES string of the molecule is CCc1nc2cc(Cl)ccn2c1C(=O)N(CC)CCO. The van der Waals surface area contributed by atoms with Gasteiger partial charge in [0.25, 0.3) is 5.91 Å². The van der Waals surface area contributed by atoms with E-state index in [0.29, 0.717) is 35.9 Å². The zero-order valence-corrected chi connectivity index (χ0v) is 12.4. The van der Waals surface area contributed by atoms with Gasteiger partial charge in [-0.2, -0.15) is 0 Å². The molecule has 0 spiro atoms. The van der Waals surface area contributed by atoms with Gasteiger partial charge in [-0.1, -0.05) is 18.5 Å². The summed E-state index contributed by atoms with van der Waals surface area (Å²) in [5, 5.41) is 9.65. The molecule has 0 aliphatic heterocycles. The van der Waals surface area contributed by atoms with Crippen LogP contribution in [0.15, 0.2) is 18.3 Å². The van der Waals surface area contributed by atoms with Crippen molar-refractivity contribution >= 4 is 23.2 Å². The summed E-state index contributed by atoms with van der Waals surface area (Å²) < 4.78 is 1.76. The Kier molecular flexibility index (Phi) is 4.62. The van der Waals surface area contributed by atoms with E-state index in [1.54, 1.807) is 27.6 Å². The van der Waals surface area contributed by atoms with E-state index in [0.717, 1.165) is 5.69 Å². The Morgan fingerprint density at radius 2 is 2.25 bits per heavy atom. The molecule has 0 atom stereocenters. The predicted molar refractivity (Wildman–Crippen MR) is 78.2 cm³/mol. The third kappa shape index (κ3) is 2.64. The molecule has 5 nitrogen and oxygen atoms in total. The first-order valence-electron chi connectivity index (χ1n) is 6.69. The number of halogens is 1. The second-order valence-electron chi connectivity index (χ2n) is 4.44. The van der Waals surface area contributed by atoms with Crippen LogP contribution in [0.4, 0.5) is 0 Å². The minimum atomic E-state index is -0.117. The van der Waals surface area contributed by atoms with Crippen LogP contribution in [0, 0.1) is 0 Å². The average Bonchev–Trinajstić information content (AvgIpc) is 2.81. The molecule has 0 saturated carbocycles. The van der Waals surface area contributed by atoms with Crippen LogP contribution >= 0.6 is 11.6 Å². The zero-order valence-electron chi connectivity index (χ0n) is 11.6. The molecule has 2 aromatic heterocycles. The average molecular weight is 296 g/mol. The van der Waals surface area contributed by atoms with Crippen molar-refractivity contribution in [3.63, 3.8) is 0 Å². The molecule has 0 aromatic carbocycles. The maximum Gasteiger partial charge on any atom is 0.272 e. The van der Waals surface area contributed by atoms with Crippen LogP contribution in [0.2, 0.25) is 5.02 Å². The van der Waals surface area contributed by atoms with Crippen LogP contribution < -0.4 is 0 Å². The monoisotopic (exact) mass is 295 g/mol. The van der Waals surface area contributed by atoms with E-state index in [2.05, 4.69) is 4.98 Å². The first-order valence-corrected chi connectivity index (χ1v) is 7.06. The van der Waals surface area contributed by atoms with Crippen molar-refractivity contribution in [1.29, 1.82) is 0 Å². The van der Waals surface area contributed by atoms with Crippen LogP contribution in [0.1, 0.15) is 30.0 Å². The Bertz CT molecular complexity index is 624. The van der Waals surface area contributed by atoms with E-state index in [9.17, 15) is 4.79 Å². The fourth-order valence-electron chi connectivity index (χ4n) is 2.22. The largest absolute Gasteiger partial charge is 0.395 e. The molecule has 0 unspecified atom stereocenters. The highest BCUT2D eigenvalue weighted by molar-refractivity contribution is 6.30. The summed E-state index contributed by atoms with van der Waals surface area (Å²) in [6, 6.07) is 3.47. The van der Waals surface area contributed by atoms with Gasteiger partial charge < -0.3 is 10.0 Å². The van der Waals surface area contributed by atoms with Gasteiger partial charge in [0.15, 0.2) is 0 Å². The second kappa shape index (κ2) is 6.24. The molecule has 2 aromatic rings. The van der Waals surface area contributed by atoms with Crippen LogP contribution in [0.5, 0.6) is 0 Å². The first-order chi connectivity index (χ1) is 9.62. The molecule has 6 heteroatoms. The number of nitrogens with zero attached hydrogens (tertiary/aromatic N) is 3. The number of aryl methyl sites for hydroxylation is 1. The summed E-state index contributed by atoms with van der Waals surface area (Å²) in [6.45, 7) is 4.66. The number of aliphatic hydroxyl groups excluding tert-OH is 1. The number of aliphatic hydroxyl groups is 1. The number of fused-ring (bicyclic) bond motifs is 1. The number of carbonyl (C=O) groups is 1. The van der Waals surface area contributed by atoms with Gasteiger partial charge in [0.05, 0.1) is 12.3 Å². The first kappa shape index (κ1) is 14.8. The Hall–Kier alpha value is -1.59. The number of hydrogen-bond donors (Lipinski definition) is 1. The van der Waals surface area contributed by atoms with E-state index in [-0.39, 0.29) is 12.5 Å². The number of hydrogen-bond acceptors (Lipinski definition) is 3. The summed E-state index contributed by atoms with van der Waals surface area (Å²) in [4.78, 5) is 18.7. The molecule has 1 N–H and O–H groups in total. The highest BCUT2D eigenvalue weighted by atomic mass is 35.5. The van der Waals surface area contributed by atoms with Crippen LogP contribution in [0.25, 0.3) is 5.65 Å². The molecule has 0 aliphatic carbocycles. The summed E-state index contributed by atoms with van der Waals surface area (Å²) >= 11 is 5.96. The second-order valence-corrected chi connectivity index (χ2v) is 4.88. The van der Waals surface area contributed by atoms with Crippen molar-refractivity contribution in [2.75, 3.05) is 19.7 Å². The number of amides is 1. The number of rotatable bonds is 5. The van der Waals surface area contributed by atoms with Crippen LogP contribution in [-0.4, -0.2) is 45.0 Å². The molecule has 0 fully saturated rings. The highest BCUT2D eigenvalue weighted by Crippen LogP contribution is 2.19. The third-order valence-electron chi connectivity index (χ3n) is 3.24. The van der Waals surface area contributed by atoms with Crippen molar-refractivity contribution in [2.45, 2.75) is 20.3 Å². The lowest BCUT2D eigenvalue weighted by Crippen LogP contribution is -2.34. The van der Waals surface area contributed by atoms with Crippen molar-refractivity contribution < 1.29 is 9.90 Å². The van der Waals surface area contributed by atoms with E-state index >= 15 is 0 Å². The van der Waals surface area contributed by atoms with Gasteiger partial charge in [0, 0.05) is 30.4 Å². The lowest BCUT2D eigenvalue weighted by atomic mass is 10.2. The quantitative estimate of drug-likeness (QED) is 0.918. The van der Waals surface area contributed by atoms with Gasteiger partial charge >= 0.3 is 0 Å². The Balaban J connectivity index is 2.54. The summed E-state index contributed by atoms with van der Waals surface area (Å²) in [7, 11) is 0. The standard InChI is InChI=1S/C14H18ClN3O2/c1-3-11-13(14(20)17(4-2)7-8-19)18-6-5-10(15)9-12(18)16-11/h5-6,9,19H,3-4,7-8H2,1-2H3. The molecule has 108 valence electrons. The molecule has 2 heterocycles. The minimum absolute atomic E-state index is 0.0520. The highest BCUT2D eigenvalue weighted by Gasteiger charge is 2.22. The fraction of sp³-hybridized carbons (Fsp3) is 0.429. The van der Waals surface area contributed by atoms with Crippen LogP contribution in [0.3, 0.4) is 0 Å². The van der Waals surface area contributed by atoms with E-state index < -0.39 is 0 Å². The van der Waals surface area contributed by atoms with Gasteiger partial charge in [0.1, 0.15) is 11.3 Å². The van der Waals surface area contributed by atoms with Crippen molar-refractivity contribution in [3.8, 4) is 0 Å². The summed E-state index contributed by atoms with van der Waals surface area (Å²) in [5.41, 5.74) is 1.96. The molecule has 20 heavy (non-hydrogen) atoms. The molecule has 2 rings (SSSR count). The Morgan fingerprint density at radius 1 is 1.50 bits per heavy atom. The number of aromatic nitrogens is 2. The van der Waals surface area contributed by atoms with E-state index in [1.165, 1.54) is 0 Å². The zero-order chi connectivity index (χ0) is 14.7. The molecule has 0 radical (unpaired) electrons. The van der Waals surface area contributed by atoms with Gasteiger partial charge in [-0.25, -0.2) is 4.98 Å². The smallest absolute Gasteiger partial charge is 0.272 e. The van der Waals surface area contributed by atoms with Gasteiger partial charge in [-0.15, -0.1) is 0 Å². The predicted octanol–water partition coefficient (Wildman–Crippen LogP) is 2.00. The Labute approximate surface area is 122 Å². The molecular weight excluding hydrogens is 278 g/mol. The lowest BCUT2D eigenvalue weighted by molar-refractivity contribution is 0.0724. The maximum atomic E-state index is 12.6. The van der Waals surface area contributed by atoms with Crippen LogP contribution in [-0.2, 0) is 6.42 Å². The molecule has 0 bridgehead atoms. The van der Waals surface area contributed by atoms with Crippen molar-refractivity contribution in [2.24, 2.45) is 0 Å². The van der Waals surface area contributed by atoms with Gasteiger partial charge in [0.2, 0.25) is 0 Å². The van der Waals surface area contributed by atoms with Crippen molar-refractivity contribution in [3.05, 3.63) is 34.7 Å². The number of pyridine rings is 1. The third-order valence-corrected chi connectivity index (χ3v) is 3.47. The molecule has 0 saturated heterocycles. The molecule has 1 amide bonds. The van der Waals surface area contributed by atoms with E-state index in [4.69, 9.17) is 16.7 Å². The normalized spacial score (nSPS) is 11.0. The van der Waals surface area contributed by atoms with Gasteiger partial charge in [-0.3, -0.25) is 9.20 Å². The topological polar surface area (TPSA) is 57.8 Å². The fourth-order valence-corrected chi connectivity index (χ4v) is 2.37. The Morgan fingerprint density at radius 3 is 2.85 bits per heavy atom. The number of imidazole rings is 1. The maximum absolute atomic E-state index is 12.6. The molecule has 0 aliphatic rings. The van der Waals surface area contributed by atoms with E-state index in [1.807, 2.05) is 13.8 Å². The van der Waals surface area contributed by atoms with Crippen molar-refractivity contribution in [1.82, 2.24) is 14.3 Å². The summed E-state index contributed by atoms with van der Waals surface area (Å²) in [5.74, 6) is -0.117. The lowest BCUT2D eigenvalue weighted by Gasteiger charge is -2.19. The number of likely N-dealkylation sites (N-methyl/N-ethyl adjacent to an activating group) is 1. The van der Waals surface area contributed by atoms with Gasteiger partial charge in [-0.05, 0) is 19.4 Å². The molecular formula is C14H18ClN3O2. The summed E-state index contributed by atoms with van der Waals surface area (Å²) in [6.07, 6.45) is 2.42. The number of carbonyl (C=O) groups excluding carboxylic acids is 1. The minimum Gasteiger partial charge on any atom is -0.395 e.